The summed E-state index contributed by atoms with van der Waals surface area (Å²) in [5, 5.41) is 0.733. The lowest BCUT2D eigenvalue weighted by atomic mass is 10.1. The van der Waals surface area contributed by atoms with Crippen LogP contribution in [0.4, 0.5) is 0 Å². The van der Waals surface area contributed by atoms with Crippen molar-refractivity contribution in [2.24, 2.45) is 0 Å². The lowest BCUT2D eigenvalue weighted by Gasteiger charge is -2.15. The molecule has 0 bridgehead atoms. The number of likely N-dealkylation sites (tertiary alicyclic amines) is 1. The molecule has 1 aliphatic rings. The van der Waals surface area contributed by atoms with Crippen molar-refractivity contribution < 1.29 is 18.7 Å². The molecule has 0 unspecified atom stereocenters. The third-order valence-corrected chi connectivity index (χ3v) is 6.32. The molecule has 160 valence electrons. The molecule has 0 aliphatic carbocycles. The van der Waals surface area contributed by atoms with Gasteiger partial charge in [-0.3, -0.25) is 4.79 Å². The molecule has 1 aromatic heterocycles. The van der Waals surface area contributed by atoms with Gasteiger partial charge in [-0.25, -0.2) is 9.59 Å². The zero-order chi connectivity index (χ0) is 21.8. The maximum Gasteiger partial charge on any atom is 0.339 e. The Morgan fingerprint density at radius 1 is 1.10 bits per heavy atom. The quantitative estimate of drug-likeness (QED) is 0.327. The van der Waals surface area contributed by atoms with Crippen LogP contribution >= 0.6 is 11.8 Å². The zero-order valence-electron chi connectivity index (χ0n) is 17.3. The zero-order valence-corrected chi connectivity index (χ0v) is 18.1. The van der Waals surface area contributed by atoms with Gasteiger partial charge in [0.25, 0.3) is 0 Å². The van der Waals surface area contributed by atoms with Gasteiger partial charge in [0.1, 0.15) is 12.2 Å². The molecule has 0 spiro atoms. The Hall–Kier alpha value is -3.06. The number of hydrogen-bond acceptors (Lipinski definition) is 6. The third kappa shape index (κ3) is 4.99. The van der Waals surface area contributed by atoms with Crippen LogP contribution in [0, 0.1) is 6.92 Å². The second kappa shape index (κ2) is 9.39. The van der Waals surface area contributed by atoms with Gasteiger partial charge in [-0.15, -0.1) is 11.8 Å². The SMILES string of the molecule is Cc1ccc2c(COC(=O)c3ccccc3SCC(=O)N3CCCC3)cc(=O)oc2c1. The van der Waals surface area contributed by atoms with E-state index in [0.717, 1.165) is 36.9 Å². The smallest absolute Gasteiger partial charge is 0.339 e. The molecule has 2 heterocycles. The number of thioether (sulfide) groups is 1. The van der Waals surface area contributed by atoms with Gasteiger partial charge in [0.15, 0.2) is 0 Å². The van der Waals surface area contributed by atoms with Gasteiger partial charge >= 0.3 is 11.6 Å². The summed E-state index contributed by atoms with van der Waals surface area (Å²) in [6.45, 7) is 3.48. The predicted molar refractivity (Wildman–Crippen MR) is 119 cm³/mol. The first-order chi connectivity index (χ1) is 15.0. The molecule has 3 aromatic rings. The monoisotopic (exact) mass is 437 g/mol. The first-order valence-electron chi connectivity index (χ1n) is 10.2. The fourth-order valence-electron chi connectivity index (χ4n) is 3.64. The van der Waals surface area contributed by atoms with Crippen molar-refractivity contribution >= 4 is 34.6 Å². The van der Waals surface area contributed by atoms with Crippen molar-refractivity contribution in [3.8, 4) is 0 Å². The van der Waals surface area contributed by atoms with Crippen molar-refractivity contribution in [2.75, 3.05) is 18.8 Å². The van der Waals surface area contributed by atoms with Gasteiger partial charge in [-0.2, -0.15) is 0 Å². The van der Waals surface area contributed by atoms with Gasteiger partial charge in [0.2, 0.25) is 5.91 Å². The van der Waals surface area contributed by atoms with Crippen molar-refractivity contribution in [3.63, 3.8) is 0 Å². The number of amides is 1. The third-order valence-electron chi connectivity index (χ3n) is 5.26. The highest BCUT2D eigenvalue weighted by atomic mass is 32.2. The summed E-state index contributed by atoms with van der Waals surface area (Å²) in [5.74, 6) is -0.123. The molecule has 2 aromatic carbocycles. The van der Waals surface area contributed by atoms with Crippen molar-refractivity contribution in [1.82, 2.24) is 4.90 Å². The van der Waals surface area contributed by atoms with Crippen LogP contribution < -0.4 is 5.63 Å². The van der Waals surface area contributed by atoms with Gasteiger partial charge in [-0.1, -0.05) is 24.3 Å². The van der Waals surface area contributed by atoms with Crippen molar-refractivity contribution in [2.45, 2.75) is 31.3 Å². The molecule has 0 N–H and O–H groups in total. The molecule has 1 saturated heterocycles. The normalized spacial score (nSPS) is 13.5. The number of nitrogens with zero attached hydrogens (tertiary/aromatic N) is 1. The van der Waals surface area contributed by atoms with Gasteiger partial charge in [0.05, 0.1) is 11.3 Å². The number of benzene rings is 2. The molecule has 31 heavy (non-hydrogen) atoms. The summed E-state index contributed by atoms with van der Waals surface area (Å²) in [4.78, 5) is 39.6. The highest BCUT2D eigenvalue weighted by Gasteiger charge is 2.20. The summed E-state index contributed by atoms with van der Waals surface area (Å²) >= 11 is 1.34. The highest BCUT2D eigenvalue weighted by molar-refractivity contribution is 8.00. The van der Waals surface area contributed by atoms with Crippen LogP contribution in [0.1, 0.15) is 34.3 Å². The first kappa shape index (κ1) is 21.2. The Bertz CT molecular complexity index is 1180. The van der Waals surface area contributed by atoms with E-state index in [1.54, 1.807) is 18.2 Å². The van der Waals surface area contributed by atoms with Crippen LogP contribution in [0.2, 0.25) is 0 Å². The second-order valence-electron chi connectivity index (χ2n) is 7.54. The van der Waals surface area contributed by atoms with E-state index in [0.29, 0.717) is 21.6 Å². The van der Waals surface area contributed by atoms with E-state index < -0.39 is 11.6 Å². The molecule has 0 saturated carbocycles. The van der Waals surface area contributed by atoms with Crippen LogP contribution in [-0.4, -0.2) is 35.6 Å². The molecule has 0 radical (unpaired) electrons. The number of carbonyl (C=O) groups is 2. The van der Waals surface area contributed by atoms with Gasteiger partial charge in [0, 0.05) is 35.0 Å². The fourth-order valence-corrected chi connectivity index (χ4v) is 4.58. The molecular formula is C24H23NO5S. The number of ether oxygens (including phenoxy) is 1. The first-order valence-corrected chi connectivity index (χ1v) is 11.2. The fraction of sp³-hybridized carbons (Fsp3) is 0.292. The van der Waals surface area contributed by atoms with Crippen LogP contribution in [0.15, 0.2) is 62.6 Å². The summed E-state index contributed by atoms with van der Waals surface area (Å²) in [5.41, 5.74) is 1.95. The summed E-state index contributed by atoms with van der Waals surface area (Å²) < 4.78 is 10.8. The molecule has 1 aliphatic heterocycles. The number of esters is 1. The van der Waals surface area contributed by atoms with Gasteiger partial charge in [-0.05, 0) is 43.5 Å². The molecule has 7 heteroatoms. The van der Waals surface area contributed by atoms with Crippen LogP contribution in [0.25, 0.3) is 11.0 Å². The van der Waals surface area contributed by atoms with E-state index in [1.807, 2.05) is 36.1 Å². The number of fused-ring (bicyclic) bond motifs is 1. The van der Waals surface area contributed by atoms with Crippen LogP contribution in [-0.2, 0) is 16.1 Å². The summed E-state index contributed by atoms with van der Waals surface area (Å²) in [7, 11) is 0. The average molecular weight is 438 g/mol. The maximum absolute atomic E-state index is 12.8. The minimum atomic E-state index is -0.495. The minimum Gasteiger partial charge on any atom is -0.457 e. The number of rotatable bonds is 6. The molecule has 6 nitrogen and oxygen atoms in total. The van der Waals surface area contributed by atoms with Crippen molar-refractivity contribution in [3.05, 3.63) is 75.6 Å². The molecule has 0 atom stereocenters. The Kier molecular flexibility index (Phi) is 6.42. The number of carbonyl (C=O) groups excluding carboxylic acids is 2. The molecular weight excluding hydrogens is 414 g/mol. The number of hydrogen-bond donors (Lipinski definition) is 0. The number of aryl methyl sites for hydroxylation is 1. The predicted octanol–water partition coefficient (Wildman–Crippen LogP) is 4.17. The Labute approximate surface area is 184 Å². The lowest BCUT2D eigenvalue weighted by molar-refractivity contribution is -0.127. The highest BCUT2D eigenvalue weighted by Crippen LogP contribution is 2.25. The topological polar surface area (TPSA) is 76.8 Å². The standard InChI is InChI=1S/C24H23NO5S/c1-16-8-9-18-17(13-23(27)30-20(18)12-16)14-29-24(28)19-6-2-3-7-21(19)31-15-22(26)25-10-4-5-11-25/h2-3,6-9,12-13H,4-5,10-11,14-15H2,1H3. The van der Waals surface area contributed by atoms with E-state index in [-0.39, 0.29) is 18.3 Å². The van der Waals surface area contributed by atoms with Crippen LogP contribution in [0.5, 0.6) is 0 Å². The van der Waals surface area contributed by atoms with E-state index in [2.05, 4.69) is 0 Å². The van der Waals surface area contributed by atoms with Crippen molar-refractivity contribution in [1.29, 1.82) is 0 Å². The summed E-state index contributed by atoms with van der Waals surface area (Å²) in [6.07, 6.45) is 2.09. The van der Waals surface area contributed by atoms with E-state index in [4.69, 9.17) is 9.15 Å². The maximum atomic E-state index is 12.8. The molecule has 1 fully saturated rings. The largest absolute Gasteiger partial charge is 0.457 e. The molecule has 4 rings (SSSR count). The van der Waals surface area contributed by atoms with E-state index in [9.17, 15) is 14.4 Å². The van der Waals surface area contributed by atoms with E-state index >= 15 is 0 Å². The minimum absolute atomic E-state index is 0.0459. The van der Waals surface area contributed by atoms with Crippen LogP contribution in [0.3, 0.4) is 0 Å². The molecule has 1 amide bonds. The van der Waals surface area contributed by atoms with Gasteiger partial charge < -0.3 is 14.1 Å². The Morgan fingerprint density at radius 3 is 2.68 bits per heavy atom. The Balaban J connectivity index is 1.46. The lowest BCUT2D eigenvalue weighted by Crippen LogP contribution is -2.29. The second-order valence-corrected chi connectivity index (χ2v) is 8.56. The average Bonchev–Trinajstić information content (AvgIpc) is 3.30. The summed E-state index contributed by atoms with van der Waals surface area (Å²) in [6, 6.07) is 14.0. The van der Waals surface area contributed by atoms with E-state index in [1.165, 1.54) is 17.8 Å². The Morgan fingerprint density at radius 2 is 1.87 bits per heavy atom.